The average molecular weight is 159 g/mol. The Hall–Kier alpha value is -0.600. The standard InChI is InChI=1S/C7H10N2.ClH/c1-6(8)7-2-4-9-5-3-7;/h2-6H,8H2,1H3;1H/t6-;/m1./s1. The van der Waals surface area contributed by atoms with Crippen molar-refractivity contribution in [3.63, 3.8) is 0 Å². The van der Waals surface area contributed by atoms with Crippen molar-refractivity contribution in [2.24, 2.45) is 5.73 Å². The van der Waals surface area contributed by atoms with E-state index >= 15 is 0 Å². The first-order chi connectivity index (χ1) is 4.30. The van der Waals surface area contributed by atoms with Gasteiger partial charge in [0.25, 0.3) is 0 Å². The predicted molar refractivity (Wildman–Crippen MR) is 44.1 cm³/mol. The van der Waals surface area contributed by atoms with Crippen LogP contribution in [0, 0.1) is 0 Å². The number of aromatic nitrogens is 1. The van der Waals surface area contributed by atoms with Crippen molar-refractivity contribution in [1.82, 2.24) is 4.98 Å². The van der Waals surface area contributed by atoms with Gasteiger partial charge in [-0.2, -0.15) is 0 Å². The minimum atomic E-state index is 0. The second-order valence-electron chi connectivity index (χ2n) is 2.07. The van der Waals surface area contributed by atoms with Crippen molar-refractivity contribution in [2.45, 2.75) is 13.0 Å². The second kappa shape index (κ2) is 4.25. The first-order valence-electron chi connectivity index (χ1n) is 2.96. The van der Waals surface area contributed by atoms with Gasteiger partial charge in [-0.25, -0.2) is 0 Å². The maximum Gasteiger partial charge on any atom is 0.0271 e. The third-order valence-corrected chi connectivity index (χ3v) is 1.23. The van der Waals surface area contributed by atoms with Gasteiger partial charge in [-0.1, -0.05) is 0 Å². The molecule has 10 heavy (non-hydrogen) atoms. The van der Waals surface area contributed by atoms with Crippen LogP contribution in [0.3, 0.4) is 0 Å². The van der Waals surface area contributed by atoms with Crippen LogP contribution in [0.5, 0.6) is 0 Å². The smallest absolute Gasteiger partial charge is 0.0271 e. The molecule has 56 valence electrons. The van der Waals surface area contributed by atoms with E-state index < -0.39 is 0 Å². The van der Waals surface area contributed by atoms with E-state index in [1.54, 1.807) is 12.4 Å². The zero-order valence-electron chi connectivity index (χ0n) is 5.82. The van der Waals surface area contributed by atoms with Gasteiger partial charge in [0.1, 0.15) is 0 Å². The molecule has 1 aromatic rings. The topological polar surface area (TPSA) is 38.9 Å². The number of hydrogen-bond acceptors (Lipinski definition) is 2. The molecule has 0 fully saturated rings. The molecule has 2 nitrogen and oxygen atoms in total. The summed E-state index contributed by atoms with van der Waals surface area (Å²) >= 11 is 0. The third kappa shape index (κ3) is 2.33. The van der Waals surface area contributed by atoms with Crippen LogP contribution >= 0.6 is 12.4 Å². The van der Waals surface area contributed by atoms with Gasteiger partial charge in [-0.15, -0.1) is 12.4 Å². The lowest BCUT2D eigenvalue weighted by Crippen LogP contribution is -2.04. The van der Waals surface area contributed by atoms with Gasteiger partial charge < -0.3 is 5.73 Å². The van der Waals surface area contributed by atoms with Gasteiger partial charge in [0.15, 0.2) is 0 Å². The van der Waals surface area contributed by atoms with E-state index in [4.69, 9.17) is 5.73 Å². The minimum Gasteiger partial charge on any atom is -0.324 e. The Labute approximate surface area is 66.9 Å². The van der Waals surface area contributed by atoms with Gasteiger partial charge in [-0.3, -0.25) is 4.98 Å². The van der Waals surface area contributed by atoms with Crippen molar-refractivity contribution in [3.05, 3.63) is 30.1 Å². The summed E-state index contributed by atoms with van der Waals surface area (Å²) in [5, 5.41) is 0. The third-order valence-electron chi connectivity index (χ3n) is 1.23. The van der Waals surface area contributed by atoms with Crippen LogP contribution in [-0.4, -0.2) is 4.98 Å². The first kappa shape index (κ1) is 9.40. The number of rotatable bonds is 1. The van der Waals surface area contributed by atoms with Gasteiger partial charge >= 0.3 is 0 Å². The van der Waals surface area contributed by atoms with Crippen molar-refractivity contribution < 1.29 is 0 Å². The lowest BCUT2D eigenvalue weighted by molar-refractivity contribution is 0.815. The molecule has 0 amide bonds. The quantitative estimate of drug-likeness (QED) is 0.673. The molecular weight excluding hydrogens is 148 g/mol. The normalized spacial score (nSPS) is 11.8. The Balaban J connectivity index is 0.000000810. The molecule has 0 saturated carbocycles. The molecular formula is C7H11ClN2. The molecule has 0 radical (unpaired) electrons. The summed E-state index contributed by atoms with van der Waals surface area (Å²) in [7, 11) is 0. The maximum atomic E-state index is 5.59. The second-order valence-corrected chi connectivity index (χ2v) is 2.07. The molecule has 0 saturated heterocycles. The van der Waals surface area contributed by atoms with Crippen LogP contribution < -0.4 is 5.73 Å². The molecule has 1 heterocycles. The molecule has 0 bridgehead atoms. The molecule has 0 unspecified atom stereocenters. The van der Waals surface area contributed by atoms with E-state index in [0.717, 1.165) is 5.56 Å². The summed E-state index contributed by atoms with van der Waals surface area (Å²) in [6, 6.07) is 3.96. The predicted octanol–water partition coefficient (Wildman–Crippen LogP) is 1.52. The fourth-order valence-electron chi connectivity index (χ4n) is 0.667. The highest BCUT2D eigenvalue weighted by molar-refractivity contribution is 5.85. The van der Waals surface area contributed by atoms with Crippen molar-refractivity contribution in [3.8, 4) is 0 Å². The molecule has 0 spiro atoms. The number of pyridine rings is 1. The largest absolute Gasteiger partial charge is 0.324 e. The van der Waals surface area contributed by atoms with Gasteiger partial charge in [0.2, 0.25) is 0 Å². The summed E-state index contributed by atoms with van der Waals surface area (Å²) in [6.45, 7) is 1.95. The van der Waals surface area contributed by atoms with E-state index in [1.165, 1.54) is 0 Å². The van der Waals surface area contributed by atoms with Gasteiger partial charge in [0, 0.05) is 18.4 Å². The van der Waals surface area contributed by atoms with Crippen LogP contribution in [-0.2, 0) is 0 Å². The average Bonchev–Trinajstić information content (AvgIpc) is 1.90. The summed E-state index contributed by atoms with van der Waals surface area (Å²) < 4.78 is 0. The molecule has 0 aliphatic carbocycles. The van der Waals surface area contributed by atoms with E-state index in [9.17, 15) is 0 Å². The highest BCUT2D eigenvalue weighted by atomic mass is 35.5. The van der Waals surface area contributed by atoms with Crippen molar-refractivity contribution in [1.29, 1.82) is 0 Å². The van der Waals surface area contributed by atoms with Crippen molar-refractivity contribution in [2.75, 3.05) is 0 Å². The molecule has 0 aliphatic rings. The van der Waals surface area contributed by atoms with E-state index in [0.29, 0.717) is 0 Å². The molecule has 1 aromatic heterocycles. The van der Waals surface area contributed by atoms with Crippen LogP contribution in [0.4, 0.5) is 0 Å². The van der Waals surface area contributed by atoms with E-state index in [1.807, 2.05) is 19.1 Å². The molecule has 3 heteroatoms. The lowest BCUT2D eigenvalue weighted by atomic mass is 10.1. The molecule has 0 aromatic carbocycles. The SMILES string of the molecule is C[C@@H](N)c1ccncc1.Cl. The van der Waals surface area contributed by atoms with Crippen LogP contribution in [0.1, 0.15) is 18.5 Å². The monoisotopic (exact) mass is 158 g/mol. The number of nitrogens with zero attached hydrogens (tertiary/aromatic N) is 1. The highest BCUT2D eigenvalue weighted by Crippen LogP contribution is 2.05. The van der Waals surface area contributed by atoms with Crippen LogP contribution in [0.15, 0.2) is 24.5 Å². The Morgan fingerprint density at radius 2 is 1.90 bits per heavy atom. The van der Waals surface area contributed by atoms with Crippen LogP contribution in [0.25, 0.3) is 0 Å². The van der Waals surface area contributed by atoms with Gasteiger partial charge in [0.05, 0.1) is 0 Å². The Kier molecular flexibility index (Phi) is 4.00. The van der Waals surface area contributed by atoms with E-state index in [-0.39, 0.29) is 18.4 Å². The number of nitrogens with two attached hydrogens (primary N) is 1. The Bertz CT molecular complexity index is 174. The number of hydrogen-bond donors (Lipinski definition) is 1. The Morgan fingerprint density at radius 3 is 2.20 bits per heavy atom. The summed E-state index contributed by atoms with van der Waals surface area (Å²) in [5.41, 5.74) is 6.72. The van der Waals surface area contributed by atoms with Crippen LogP contribution in [0.2, 0.25) is 0 Å². The van der Waals surface area contributed by atoms with Gasteiger partial charge in [-0.05, 0) is 24.6 Å². The molecule has 0 aliphatic heterocycles. The highest BCUT2D eigenvalue weighted by Gasteiger charge is 1.94. The summed E-state index contributed by atoms with van der Waals surface area (Å²) in [4.78, 5) is 3.87. The zero-order chi connectivity index (χ0) is 6.69. The first-order valence-corrected chi connectivity index (χ1v) is 2.96. The molecule has 2 N–H and O–H groups in total. The summed E-state index contributed by atoms with van der Waals surface area (Å²) in [6.07, 6.45) is 3.50. The minimum absolute atomic E-state index is 0. The molecule has 1 rings (SSSR count). The zero-order valence-corrected chi connectivity index (χ0v) is 6.64. The number of halogens is 1. The summed E-state index contributed by atoms with van der Waals surface area (Å²) in [5.74, 6) is 0. The molecule has 1 atom stereocenters. The fourth-order valence-corrected chi connectivity index (χ4v) is 0.667. The Morgan fingerprint density at radius 1 is 1.40 bits per heavy atom. The lowest BCUT2D eigenvalue weighted by Gasteiger charge is -2.01. The van der Waals surface area contributed by atoms with Crippen molar-refractivity contribution >= 4 is 12.4 Å². The fraction of sp³-hybridized carbons (Fsp3) is 0.286. The maximum absolute atomic E-state index is 5.59. The van der Waals surface area contributed by atoms with E-state index in [2.05, 4.69) is 4.98 Å².